The minimum atomic E-state index is -0.742. The highest BCUT2D eigenvalue weighted by Crippen LogP contribution is 2.33. The lowest BCUT2D eigenvalue weighted by Gasteiger charge is -2.39. The number of halogens is 1. The highest BCUT2D eigenvalue weighted by molar-refractivity contribution is 6.06. The van der Waals surface area contributed by atoms with Crippen LogP contribution in [-0.4, -0.2) is 47.4 Å². The van der Waals surface area contributed by atoms with E-state index >= 15 is 0 Å². The highest BCUT2D eigenvalue weighted by Gasteiger charge is 2.40. The predicted molar refractivity (Wildman–Crippen MR) is 113 cm³/mol. The first kappa shape index (κ1) is 19.9. The van der Waals surface area contributed by atoms with Crippen LogP contribution in [-0.2, 0) is 4.79 Å². The monoisotopic (exact) mass is 406 g/mol. The van der Waals surface area contributed by atoms with Gasteiger partial charge in [-0.2, -0.15) is 0 Å². The number of hydrogen-bond donors (Lipinski definition) is 1. The van der Waals surface area contributed by atoms with Crippen LogP contribution in [0.5, 0.6) is 0 Å². The van der Waals surface area contributed by atoms with Crippen molar-refractivity contribution in [2.75, 3.05) is 6.54 Å². The number of likely N-dealkylation sites (tertiary alicyclic amines) is 1. The van der Waals surface area contributed by atoms with Crippen LogP contribution in [0.1, 0.15) is 40.9 Å². The molecule has 4 rings (SSSR count). The number of fused-ring (bicyclic) bond motifs is 1. The smallest absolute Gasteiger partial charge is 0.251 e. The van der Waals surface area contributed by atoms with Crippen LogP contribution in [0.2, 0.25) is 0 Å². The third kappa shape index (κ3) is 3.87. The van der Waals surface area contributed by atoms with Gasteiger partial charge in [0.1, 0.15) is 18.2 Å². The van der Waals surface area contributed by atoms with Crippen molar-refractivity contribution < 1.29 is 14.0 Å². The maximum atomic E-state index is 13.9. The van der Waals surface area contributed by atoms with Gasteiger partial charge in [-0.05, 0) is 50.1 Å². The number of hydrogen-bond acceptors (Lipinski definition) is 4. The molecule has 2 aliphatic heterocycles. The maximum absolute atomic E-state index is 13.9. The van der Waals surface area contributed by atoms with Crippen molar-refractivity contribution in [2.45, 2.75) is 38.4 Å². The second kappa shape index (κ2) is 8.18. The van der Waals surface area contributed by atoms with Gasteiger partial charge in [0.05, 0.1) is 17.8 Å². The molecule has 1 fully saturated rings. The number of benzene rings is 2. The van der Waals surface area contributed by atoms with Crippen molar-refractivity contribution in [3.8, 4) is 0 Å². The van der Waals surface area contributed by atoms with Crippen LogP contribution in [0.15, 0.2) is 58.5 Å². The Morgan fingerprint density at radius 3 is 2.77 bits per heavy atom. The normalized spacial score (nSPS) is 21.0. The van der Waals surface area contributed by atoms with Crippen LogP contribution < -0.4 is 5.32 Å². The SMILES string of the molecule is Cc1cccc(C(=O)NC(C)C(=O)N2CCC3N=CN=C3C2c2cccc(F)c2)c1. The molecule has 1 N–H and O–H groups in total. The molecule has 2 heterocycles. The minimum absolute atomic E-state index is 0.0977. The Labute approximate surface area is 174 Å². The van der Waals surface area contributed by atoms with E-state index in [2.05, 4.69) is 15.3 Å². The van der Waals surface area contributed by atoms with Gasteiger partial charge < -0.3 is 10.2 Å². The number of piperidine rings is 1. The summed E-state index contributed by atoms with van der Waals surface area (Å²) in [5.41, 5.74) is 2.85. The van der Waals surface area contributed by atoms with Crippen molar-refractivity contribution in [2.24, 2.45) is 9.98 Å². The molecule has 2 aromatic rings. The van der Waals surface area contributed by atoms with Crippen LogP contribution >= 0.6 is 0 Å². The van der Waals surface area contributed by atoms with Crippen molar-refractivity contribution in [1.29, 1.82) is 0 Å². The van der Waals surface area contributed by atoms with Crippen molar-refractivity contribution >= 4 is 23.9 Å². The Bertz CT molecular complexity index is 1050. The molecule has 0 radical (unpaired) electrons. The lowest BCUT2D eigenvalue weighted by molar-refractivity contribution is -0.134. The van der Waals surface area contributed by atoms with E-state index in [1.807, 2.05) is 13.0 Å². The summed E-state index contributed by atoms with van der Waals surface area (Å²) in [7, 11) is 0. The van der Waals surface area contributed by atoms with Gasteiger partial charge in [0.15, 0.2) is 0 Å². The molecule has 7 heteroatoms. The molecule has 0 bridgehead atoms. The number of rotatable bonds is 4. The molecule has 1 saturated heterocycles. The van der Waals surface area contributed by atoms with Gasteiger partial charge in [-0.3, -0.25) is 14.6 Å². The van der Waals surface area contributed by atoms with Crippen molar-refractivity contribution in [3.05, 3.63) is 71.0 Å². The fraction of sp³-hybridized carbons (Fsp3) is 0.304. The van der Waals surface area contributed by atoms with Crippen LogP contribution in [0.3, 0.4) is 0 Å². The molecule has 3 unspecified atom stereocenters. The van der Waals surface area contributed by atoms with Crippen LogP contribution in [0.25, 0.3) is 0 Å². The first-order valence-electron chi connectivity index (χ1n) is 9.97. The first-order chi connectivity index (χ1) is 14.4. The molecular weight excluding hydrogens is 383 g/mol. The van der Waals surface area contributed by atoms with Gasteiger partial charge >= 0.3 is 0 Å². The molecule has 0 spiro atoms. The third-order valence-electron chi connectivity index (χ3n) is 5.48. The highest BCUT2D eigenvalue weighted by atomic mass is 19.1. The molecular formula is C23H23FN4O2. The zero-order valence-corrected chi connectivity index (χ0v) is 16.9. The Morgan fingerprint density at radius 2 is 2.00 bits per heavy atom. The van der Waals surface area contributed by atoms with E-state index in [4.69, 9.17) is 0 Å². The summed E-state index contributed by atoms with van der Waals surface area (Å²) in [5.74, 6) is -0.918. The largest absolute Gasteiger partial charge is 0.341 e. The predicted octanol–water partition coefficient (Wildman–Crippen LogP) is 3.08. The average Bonchev–Trinajstić information content (AvgIpc) is 3.21. The minimum Gasteiger partial charge on any atom is -0.341 e. The number of nitrogens with one attached hydrogen (secondary N) is 1. The average molecular weight is 406 g/mol. The lowest BCUT2D eigenvalue weighted by atomic mass is 9.89. The molecule has 0 aromatic heterocycles. The number of nitrogens with zero attached hydrogens (tertiary/aromatic N) is 3. The molecule has 0 saturated carbocycles. The van der Waals surface area contributed by atoms with Gasteiger partial charge in [-0.25, -0.2) is 9.38 Å². The molecule has 2 amide bonds. The van der Waals surface area contributed by atoms with E-state index in [-0.39, 0.29) is 23.7 Å². The summed E-state index contributed by atoms with van der Waals surface area (Å²) < 4.78 is 13.9. The summed E-state index contributed by atoms with van der Waals surface area (Å²) >= 11 is 0. The Kier molecular flexibility index (Phi) is 5.44. The lowest BCUT2D eigenvalue weighted by Crippen LogP contribution is -2.53. The summed E-state index contributed by atoms with van der Waals surface area (Å²) in [6.07, 6.45) is 2.15. The zero-order chi connectivity index (χ0) is 21.3. The second-order valence-corrected chi connectivity index (χ2v) is 7.68. The number of carbonyl (C=O) groups excluding carboxylic acids is 2. The number of amides is 2. The van der Waals surface area contributed by atoms with Gasteiger partial charge in [0.2, 0.25) is 5.91 Å². The summed E-state index contributed by atoms with van der Waals surface area (Å²) in [6, 6.07) is 12.1. The fourth-order valence-corrected chi connectivity index (χ4v) is 4.01. The Balaban J connectivity index is 1.57. The van der Waals surface area contributed by atoms with E-state index in [1.54, 1.807) is 42.2 Å². The number of aliphatic imine (C=N–C) groups is 2. The summed E-state index contributed by atoms with van der Waals surface area (Å²) in [6.45, 7) is 4.02. The van der Waals surface area contributed by atoms with Crippen LogP contribution in [0.4, 0.5) is 4.39 Å². The van der Waals surface area contributed by atoms with E-state index in [9.17, 15) is 14.0 Å². The van der Waals surface area contributed by atoms with Gasteiger partial charge in [0, 0.05) is 12.1 Å². The number of aryl methyl sites for hydroxylation is 1. The molecule has 154 valence electrons. The second-order valence-electron chi connectivity index (χ2n) is 7.68. The van der Waals surface area contributed by atoms with E-state index in [0.29, 0.717) is 24.1 Å². The number of carbonyl (C=O) groups is 2. The van der Waals surface area contributed by atoms with Gasteiger partial charge in [-0.1, -0.05) is 29.8 Å². The van der Waals surface area contributed by atoms with E-state index in [0.717, 1.165) is 11.3 Å². The molecule has 3 atom stereocenters. The molecule has 2 aromatic carbocycles. The quantitative estimate of drug-likeness (QED) is 0.847. The Hall–Kier alpha value is -3.35. The van der Waals surface area contributed by atoms with E-state index in [1.165, 1.54) is 18.5 Å². The zero-order valence-electron chi connectivity index (χ0n) is 16.9. The maximum Gasteiger partial charge on any atom is 0.251 e. The topological polar surface area (TPSA) is 74.1 Å². The van der Waals surface area contributed by atoms with Crippen LogP contribution in [0, 0.1) is 12.7 Å². The Morgan fingerprint density at radius 1 is 1.20 bits per heavy atom. The summed E-state index contributed by atoms with van der Waals surface area (Å²) in [5, 5.41) is 2.79. The fourth-order valence-electron chi connectivity index (χ4n) is 4.01. The third-order valence-corrected chi connectivity index (χ3v) is 5.48. The van der Waals surface area contributed by atoms with Gasteiger partial charge in [0.25, 0.3) is 5.91 Å². The molecule has 6 nitrogen and oxygen atoms in total. The standard InChI is InChI=1S/C23H23FN4O2/c1-14-5-3-7-17(11-14)22(29)27-15(2)23(30)28-10-9-19-20(26-13-25-19)21(28)16-6-4-8-18(24)12-16/h3-8,11-13,15,19,21H,9-10H2,1-2H3,(H,27,29). The molecule has 2 aliphatic rings. The van der Waals surface area contributed by atoms with Crippen molar-refractivity contribution in [3.63, 3.8) is 0 Å². The first-order valence-corrected chi connectivity index (χ1v) is 9.97. The molecule has 0 aliphatic carbocycles. The van der Waals surface area contributed by atoms with Gasteiger partial charge in [-0.15, -0.1) is 0 Å². The van der Waals surface area contributed by atoms with E-state index < -0.39 is 12.1 Å². The van der Waals surface area contributed by atoms with Crippen molar-refractivity contribution in [1.82, 2.24) is 10.2 Å². The summed E-state index contributed by atoms with van der Waals surface area (Å²) in [4.78, 5) is 36.3. The molecule has 30 heavy (non-hydrogen) atoms.